The molecule has 2 aromatic carbocycles. The second-order valence-corrected chi connectivity index (χ2v) is 7.05. The SMILES string of the molecule is COc1cc(C(=O)OCC(=O)N(C)C[C@H]2COc3ccccc3O2)cc2c1OCCO2. The quantitative estimate of drug-likeness (QED) is 0.643. The first kappa shape index (κ1) is 20.6. The average Bonchev–Trinajstić information content (AvgIpc) is 2.81. The molecule has 4 rings (SSSR count). The van der Waals surface area contributed by atoms with Crippen LogP contribution < -0.4 is 23.7 Å². The first-order valence-corrected chi connectivity index (χ1v) is 9.82. The van der Waals surface area contributed by atoms with Crippen LogP contribution in [0.2, 0.25) is 0 Å². The van der Waals surface area contributed by atoms with Crippen LogP contribution in [0.4, 0.5) is 0 Å². The molecule has 1 amide bonds. The second-order valence-electron chi connectivity index (χ2n) is 7.05. The van der Waals surface area contributed by atoms with Crippen molar-refractivity contribution in [3.63, 3.8) is 0 Å². The van der Waals surface area contributed by atoms with Gasteiger partial charge in [0.15, 0.2) is 35.7 Å². The van der Waals surface area contributed by atoms with Crippen LogP contribution in [0.5, 0.6) is 28.7 Å². The number of fused-ring (bicyclic) bond motifs is 2. The number of amides is 1. The fourth-order valence-corrected chi connectivity index (χ4v) is 3.27. The molecular formula is C22H23NO8. The predicted molar refractivity (Wildman–Crippen MR) is 108 cm³/mol. The number of hydrogen-bond acceptors (Lipinski definition) is 8. The Morgan fingerprint density at radius 3 is 2.65 bits per heavy atom. The van der Waals surface area contributed by atoms with Crippen molar-refractivity contribution >= 4 is 11.9 Å². The first-order chi connectivity index (χ1) is 15.0. The van der Waals surface area contributed by atoms with Gasteiger partial charge in [-0.05, 0) is 24.3 Å². The molecule has 0 radical (unpaired) electrons. The number of rotatable bonds is 6. The van der Waals surface area contributed by atoms with Gasteiger partial charge in [0.25, 0.3) is 5.91 Å². The minimum Gasteiger partial charge on any atom is -0.493 e. The summed E-state index contributed by atoms with van der Waals surface area (Å²) in [6.45, 7) is 0.981. The molecular weight excluding hydrogens is 406 g/mol. The normalized spacial score (nSPS) is 16.3. The number of carbonyl (C=O) groups is 2. The molecule has 0 unspecified atom stereocenters. The molecule has 1 atom stereocenters. The lowest BCUT2D eigenvalue weighted by molar-refractivity contribution is -0.134. The largest absolute Gasteiger partial charge is 0.493 e. The number of ether oxygens (including phenoxy) is 6. The molecule has 164 valence electrons. The highest BCUT2D eigenvalue weighted by Crippen LogP contribution is 2.40. The summed E-state index contributed by atoms with van der Waals surface area (Å²) in [5.41, 5.74) is 0.206. The first-order valence-electron chi connectivity index (χ1n) is 9.82. The van der Waals surface area contributed by atoms with E-state index in [-0.39, 0.29) is 17.6 Å². The molecule has 9 nitrogen and oxygen atoms in total. The standard InChI is InChI=1S/C22H23NO8/c1-23(11-15-12-29-16-5-3-4-6-17(16)31-15)20(24)13-30-22(25)14-9-18(26-2)21-19(10-14)27-7-8-28-21/h3-6,9-10,15H,7-8,11-13H2,1-2H3/t15-/m0/s1. The lowest BCUT2D eigenvalue weighted by Crippen LogP contribution is -2.43. The van der Waals surface area contributed by atoms with Crippen LogP contribution in [0.1, 0.15) is 10.4 Å². The Morgan fingerprint density at radius 2 is 1.84 bits per heavy atom. The number of benzene rings is 2. The van der Waals surface area contributed by atoms with Gasteiger partial charge in [0, 0.05) is 7.05 Å². The number of esters is 1. The van der Waals surface area contributed by atoms with Crippen LogP contribution in [0.25, 0.3) is 0 Å². The number of methoxy groups -OCH3 is 1. The molecule has 0 saturated heterocycles. The third kappa shape index (κ3) is 4.60. The molecule has 2 aromatic rings. The number of hydrogen-bond donors (Lipinski definition) is 0. The Hall–Kier alpha value is -3.62. The minimum atomic E-state index is -0.664. The Morgan fingerprint density at radius 1 is 1.06 bits per heavy atom. The Kier molecular flexibility index (Phi) is 6.01. The number of likely N-dealkylation sites (N-methyl/N-ethyl adjacent to an activating group) is 1. The number of para-hydroxylation sites is 2. The van der Waals surface area contributed by atoms with E-state index in [9.17, 15) is 9.59 Å². The molecule has 0 N–H and O–H groups in total. The molecule has 0 spiro atoms. The van der Waals surface area contributed by atoms with Crippen molar-refractivity contribution in [2.45, 2.75) is 6.10 Å². The molecule has 0 aliphatic carbocycles. The second kappa shape index (κ2) is 9.03. The van der Waals surface area contributed by atoms with E-state index in [0.29, 0.717) is 55.1 Å². The van der Waals surface area contributed by atoms with Gasteiger partial charge in [0.05, 0.1) is 19.2 Å². The van der Waals surface area contributed by atoms with Crippen molar-refractivity contribution in [3.8, 4) is 28.7 Å². The molecule has 0 fully saturated rings. The van der Waals surface area contributed by atoms with E-state index in [0.717, 1.165) is 0 Å². The van der Waals surface area contributed by atoms with Gasteiger partial charge < -0.3 is 33.3 Å². The van der Waals surface area contributed by atoms with Crippen molar-refractivity contribution in [1.29, 1.82) is 0 Å². The predicted octanol–water partition coefficient (Wildman–Crippen LogP) is 1.92. The van der Waals surface area contributed by atoms with Crippen LogP contribution in [0.15, 0.2) is 36.4 Å². The van der Waals surface area contributed by atoms with Gasteiger partial charge in [0.1, 0.15) is 19.8 Å². The van der Waals surface area contributed by atoms with Gasteiger partial charge in [-0.1, -0.05) is 12.1 Å². The summed E-state index contributed by atoms with van der Waals surface area (Å²) in [6.07, 6.45) is -0.318. The highest BCUT2D eigenvalue weighted by Gasteiger charge is 2.25. The van der Waals surface area contributed by atoms with Crippen molar-refractivity contribution in [2.75, 3.05) is 47.1 Å². The van der Waals surface area contributed by atoms with Crippen molar-refractivity contribution in [1.82, 2.24) is 4.90 Å². The lowest BCUT2D eigenvalue weighted by atomic mass is 10.1. The summed E-state index contributed by atoms with van der Waals surface area (Å²) in [7, 11) is 3.09. The summed E-state index contributed by atoms with van der Waals surface area (Å²) in [4.78, 5) is 26.3. The zero-order valence-electron chi connectivity index (χ0n) is 17.3. The Bertz CT molecular complexity index is 959. The molecule has 9 heteroatoms. The van der Waals surface area contributed by atoms with E-state index >= 15 is 0 Å². The van der Waals surface area contributed by atoms with Crippen LogP contribution >= 0.6 is 0 Å². The molecule has 0 bridgehead atoms. The fourth-order valence-electron chi connectivity index (χ4n) is 3.27. The van der Waals surface area contributed by atoms with E-state index in [1.54, 1.807) is 7.05 Å². The smallest absolute Gasteiger partial charge is 0.338 e. The van der Waals surface area contributed by atoms with Gasteiger partial charge >= 0.3 is 5.97 Å². The van der Waals surface area contributed by atoms with Crippen LogP contribution in [-0.2, 0) is 9.53 Å². The third-order valence-electron chi connectivity index (χ3n) is 4.86. The van der Waals surface area contributed by atoms with E-state index in [1.807, 2.05) is 24.3 Å². The van der Waals surface area contributed by atoms with Crippen LogP contribution in [-0.4, -0.2) is 70.0 Å². The molecule has 2 aliphatic rings. The average molecular weight is 429 g/mol. The zero-order chi connectivity index (χ0) is 21.8. The van der Waals surface area contributed by atoms with Gasteiger partial charge in [-0.15, -0.1) is 0 Å². The summed E-state index contributed by atoms with van der Waals surface area (Å²) in [5.74, 6) is 1.49. The molecule has 0 saturated carbocycles. The number of nitrogens with zero attached hydrogens (tertiary/aromatic N) is 1. The van der Waals surface area contributed by atoms with Crippen molar-refractivity contribution < 1.29 is 38.0 Å². The summed E-state index contributed by atoms with van der Waals surface area (Å²) in [5, 5.41) is 0. The zero-order valence-corrected chi connectivity index (χ0v) is 17.3. The maximum atomic E-state index is 12.5. The highest BCUT2D eigenvalue weighted by atomic mass is 16.6. The van der Waals surface area contributed by atoms with Gasteiger partial charge in [-0.2, -0.15) is 0 Å². The lowest BCUT2D eigenvalue weighted by Gasteiger charge is -2.29. The monoisotopic (exact) mass is 429 g/mol. The molecule has 0 aromatic heterocycles. The highest BCUT2D eigenvalue weighted by molar-refractivity contribution is 5.92. The number of carbonyl (C=O) groups excluding carboxylic acids is 2. The Labute approximate surface area is 179 Å². The van der Waals surface area contributed by atoms with Crippen LogP contribution in [0, 0.1) is 0 Å². The topological polar surface area (TPSA) is 92.8 Å². The summed E-state index contributed by atoms with van der Waals surface area (Å²) >= 11 is 0. The van der Waals surface area contributed by atoms with E-state index in [2.05, 4.69) is 0 Å². The third-order valence-corrected chi connectivity index (χ3v) is 4.86. The Balaban J connectivity index is 1.32. The van der Waals surface area contributed by atoms with Gasteiger partial charge in [-0.25, -0.2) is 4.79 Å². The maximum absolute atomic E-state index is 12.5. The minimum absolute atomic E-state index is 0.206. The summed E-state index contributed by atoms with van der Waals surface area (Å²) in [6, 6.07) is 10.4. The van der Waals surface area contributed by atoms with Crippen molar-refractivity contribution in [3.05, 3.63) is 42.0 Å². The maximum Gasteiger partial charge on any atom is 0.338 e. The molecule has 31 heavy (non-hydrogen) atoms. The molecule has 2 heterocycles. The molecule has 2 aliphatic heterocycles. The van der Waals surface area contributed by atoms with Crippen LogP contribution in [0.3, 0.4) is 0 Å². The fraction of sp³-hybridized carbons (Fsp3) is 0.364. The van der Waals surface area contributed by atoms with E-state index < -0.39 is 12.6 Å². The van der Waals surface area contributed by atoms with Gasteiger partial charge in [0.2, 0.25) is 5.75 Å². The van der Waals surface area contributed by atoms with E-state index in [4.69, 9.17) is 28.4 Å². The van der Waals surface area contributed by atoms with Crippen molar-refractivity contribution in [2.24, 2.45) is 0 Å². The summed E-state index contributed by atoms with van der Waals surface area (Å²) < 4.78 is 33.0. The van der Waals surface area contributed by atoms with Gasteiger partial charge in [-0.3, -0.25) is 4.79 Å². The van der Waals surface area contributed by atoms with E-state index in [1.165, 1.54) is 24.1 Å².